The molecule has 1 aliphatic rings. The summed E-state index contributed by atoms with van der Waals surface area (Å²) in [5, 5.41) is 2.98. The van der Waals surface area contributed by atoms with E-state index in [2.05, 4.69) is 33.4 Å². The second-order valence-electron chi connectivity index (χ2n) is 5.01. The smallest absolute Gasteiger partial charge is 0.316 e. The Morgan fingerprint density at radius 1 is 1.15 bits per heavy atom. The molecular formula is C16H15BrN2O. The van der Waals surface area contributed by atoms with Crippen molar-refractivity contribution < 1.29 is 4.79 Å². The number of para-hydroxylation sites is 1. The van der Waals surface area contributed by atoms with E-state index >= 15 is 0 Å². The van der Waals surface area contributed by atoms with Gasteiger partial charge in [0.15, 0.2) is 0 Å². The molecule has 20 heavy (non-hydrogen) atoms. The minimum absolute atomic E-state index is 0.0494. The Labute approximate surface area is 126 Å². The Kier molecular flexibility index (Phi) is 3.49. The van der Waals surface area contributed by atoms with Crippen LogP contribution in [0.1, 0.15) is 16.7 Å². The van der Waals surface area contributed by atoms with Gasteiger partial charge in [-0.15, -0.1) is 0 Å². The van der Waals surface area contributed by atoms with Crippen LogP contribution in [-0.2, 0) is 13.1 Å². The lowest BCUT2D eigenvalue weighted by molar-refractivity contribution is 0.212. The van der Waals surface area contributed by atoms with E-state index in [-0.39, 0.29) is 6.03 Å². The lowest BCUT2D eigenvalue weighted by atomic mass is 10.1. The number of benzene rings is 2. The first-order valence-electron chi connectivity index (χ1n) is 6.52. The first-order valence-corrected chi connectivity index (χ1v) is 7.31. The maximum atomic E-state index is 12.3. The Morgan fingerprint density at radius 3 is 2.70 bits per heavy atom. The van der Waals surface area contributed by atoms with Gasteiger partial charge in [0.05, 0.1) is 0 Å². The monoisotopic (exact) mass is 330 g/mol. The van der Waals surface area contributed by atoms with E-state index < -0.39 is 0 Å². The standard InChI is InChI=1S/C16H15BrN2O/c1-11-4-2-3-5-15(11)18-16(20)19-9-12-6-7-14(17)8-13(12)10-19/h2-8H,9-10H2,1H3,(H,18,20). The number of carbonyl (C=O) groups is 1. The normalized spacial score (nSPS) is 13.2. The van der Waals surface area contributed by atoms with Gasteiger partial charge in [0.1, 0.15) is 0 Å². The molecule has 0 saturated carbocycles. The number of aryl methyl sites for hydroxylation is 1. The number of anilines is 1. The van der Waals surface area contributed by atoms with Crippen molar-refractivity contribution in [2.45, 2.75) is 20.0 Å². The Balaban J connectivity index is 1.73. The predicted octanol–water partition coefficient (Wildman–Crippen LogP) is 4.31. The van der Waals surface area contributed by atoms with Crippen LogP contribution in [0.2, 0.25) is 0 Å². The number of hydrogen-bond donors (Lipinski definition) is 1. The van der Waals surface area contributed by atoms with Crippen LogP contribution in [0.25, 0.3) is 0 Å². The van der Waals surface area contributed by atoms with E-state index in [1.54, 1.807) is 0 Å². The summed E-state index contributed by atoms with van der Waals surface area (Å²) in [6.45, 7) is 3.32. The fourth-order valence-electron chi connectivity index (χ4n) is 2.41. The number of fused-ring (bicyclic) bond motifs is 1. The van der Waals surface area contributed by atoms with Gasteiger partial charge in [0, 0.05) is 23.2 Å². The third kappa shape index (κ3) is 2.56. The molecular weight excluding hydrogens is 316 g/mol. The van der Waals surface area contributed by atoms with E-state index in [9.17, 15) is 4.79 Å². The summed E-state index contributed by atoms with van der Waals surface area (Å²) in [5.41, 5.74) is 4.36. The van der Waals surface area contributed by atoms with E-state index in [0.29, 0.717) is 13.1 Å². The van der Waals surface area contributed by atoms with Crippen LogP contribution < -0.4 is 5.32 Å². The molecule has 0 saturated heterocycles. The van der Waals surface area contributed by atoms with E-state index in [1.165, 1.54) is 11.1 Å². The molecule has 0 bridgehead atoms. The second kappa shape index (κ2) is 5.29. The van der Waals surface area contributed by atoms with Crippen LogP contribution in [0.3, 0.4) is 0 Å². The number of halogens is 1. The summed E-state index contributed by atoms with van der Waals surface area (Å²) >= 11 is 3.47. The molecule has 1 N–H and O–H groups in total. The van der Waals surface area contributed by atoms with E-state index in [0.717, 1.165) is 15.7 Å². The molecule has 0 radical (unpaired) electrons. The SMILES string of the molecule is Cc1ccccc1NC(=O)N1Cc2ccc(Br)cc2C1. The highest BCUT2D eigenvalue weighted by Crippen LogP contribution is 2.26. The highest BCUT2D eigenvalue weighted by Gasteiger charge is 2.23. The molecule has 4 heteroatoms. The number of amides is 2. The molecule has 1 heterocycles. The van der Waals surface area contributed by atoms with Gasteiger partial charge < -0.3 is 10.2 Å². The molecule has 1 aliphatic heterocycles. The molecule has 102 valence electrons. The fraction of sp³-hybridized carbons (Fsp3) is 0.188. The zero-order valence-electron chi connectivity index (χ0n) is 11.2. The minimum atomic E-state index is -0.0494. The molecule has 0 aromatic heterocycles. The van der Waals surface area contributed by atoms with Crippen molar-refractivity contribution in [2.24, 2.45) is 0 Å². The Hall–Kier alpha value is -1.81. The average molecular weight is 331 g/mol. The first kappa shape index (κ1) is 13.2. The van der Waals surface area contributed by atoms with Gasteiger partial charge in [0.2, 0.25) is 0 Å². The lowest BCUT2D eigenvalue weighted by Crippen LogP contribution is -2.30. The number of carbonyl (C=O) groups excluding carboxylic acids is 1. The van der Waals surface area contributed by atoms with Crippen LogP contribution in [0, 0.1) is 6.92 Å². The summed E-state index contributed by atoms with van der Waals surface area (Å²) in [5.74, 6) is 0. The van der Waals surface area contributed by atoms with Gasteiger partial charge in [-0.1, -0.05) is 40.2 Å². The van der Waals surface area contributed by atoms with Gasteiger partial charge in [-0.05, 0) is 41.8 Å². The summed E-state index contributed by atoms with van der Waals surface area (Å²) in [4.78, 5) is 14.1. The second-order valence-corrected chi connectivity index (χ2v) is 5.93. The quantitative estimate of drug-likeness (QED) is 0.830. The van der Waals surface area contributed by atoms with Gasteiger partial charge in [-0.25, -0.2) is 4.79 Å². The maximum Gasteiger partial charge on any atom is 0.322 e. The van der Waals surface area contributed by atoms with Crippen LogP contribution in [-0.4, -0.2) is 10.9 Å². The molecule has 2 aromatic carbocycles. The highest BCUT2D eigenvalue weighted by atomic mass is 79.9. The van der Waals surface area contributed by atoms with Crippen molar-refractivity contribution in [1.82, 2.24) is 4.90 Å². The van der Waals surface area contributed by atoms with Gasteiger partial charge in [-0.2, -0.15) is 0 Å². The molecule has 0 fully saturated rings. The third-order valence-corrected chi connectivity index (χ3v) is 4.06. The van der Waals surface area contributed by atoms with Crippen LogP contribution in [0.4, 0.5) is 10.5 Å². The molecule has 0 aliphatic carbocycles. The zero-order chi connectivity index (χ0) is 14.1. The fourth-order valence-corrected chi connectivity index (χ4v) is 2.82. The molecule has 3 nitrogen and oxygen atoms in total. The van der Waals surface area contributed by atoms with Crippen molar-refractivity contribution in [2.75, 3.05) is 5.32 Å². The minimum Gasteiger partial charge on any atom is -0.316 e. The van der Waals surface area contributed by atoms with Crippen molar-refractivity contribution >= 4 is 27.6 Å². The molecule has 0 spiro atoms. The molecule has 0 unspecified atom stereocenters. The van der Waals surface area contributed by atoms with E-state index in [4.69, 9.17) is 0 Å². The molecule has 3 rings (SSSR count). The first-order chi connectivity index (χ1) is 9.63. The lowest BCUT2D eigenvalue weighted by Gasteiger charge is -2.17. The number of nitrogens with zero attached hydrogens (tertiary/aromatic N) is 1. The predicted molar refractivity (Wildman–Crippen MR) is 83.6 cm³/mol. The number of rotatable bonds is 1. The number of nitrogens with one attached hydrogen (secondary N) is 1. The van der Waals surface area contributed by atoms with Crippen molar-refractivity contribution in [1.29, 1.82) is 0 Å². The molecule has 2 aromatic rings. The molecule has 2 amide bonds. The third-order valence-electron chi connectivity index (χ3n) is 3.56. The van der Waals surface area contributed by atoms with Crippen molar-refractivity contribution in [3.63, 3.8) is 0 Å². The van der Waals surface area contributed by atoms with Crippen LogP contribution in [0.5, 0.6) is 0 Å². The van der Waals surface area contributed by atoms with Gasteiger partial charge in [-0.3, -0.25) is 0 Å². The summed E-state index contributed by atoms with van der Waals surface area (Å²) in [6.07, 6.45) is 0. The van der Waals surface area contributed by atoms with Crippen LogP contribution >= 0.6 is 15.9 Å². The summed E-state index contributed by atoms with van der Waals surface area (Å²) in [7, 11) is 0. The number of hydrogen-bond acceptors (Lipinski definition) is 1. The Bertz CT molecular complexity index is 669. The van der Waals surface area contributed by atoms with Crippen molar-refractivity contribution in [3.8, 4) is 0 Å². The van der Waals surface area contributed by atoms with Gasteiger partial charge in [0.25, 0.3) is 0 Å². The zero-order valence-corrected chi connectivity index (χ0v) is 12.8. The Morgan fingerprint density at radius 2 is 1.90 bits per heavy atom. The largest absolute Gasteiger partial charge is 0.322 e. The summed E-state index contributed by atoms with van der Waals surface area (Å²) < 4.78 is 1.05. The summed E-state index contributed by atoms with van der Waals surface area (Å²) in [6, 6.07) is 13.9. The average Bonchev–Trinajstić information content (AvgIpc) is 2.84. The topological polar surface area (TPSA) is 32.3 Å². The van der Waals surface area contributed by atoms with Crippen LogP contribution in [0.15, 0.2) is 46.9 Å². The maximum absolute atomic E-state index is 12.3. The van der Waals surface area contributed by atoms with Crippen molar-refractivity contribution in [3.05, 3.63) is 63.6 Å². The van der Waals surface area contributed by atoms with Gasteiger partial charge >= 0.3 is 6.03 Å². The molecule has 0 atom stereocenters. The highest BCUT2D eigenvalue weighted by molar-refractivity contribution is 9.10. The van der Waals surface area contributed by atoms with E-state index in [1.807, 2.05) is 42.2 Å². The number of urea groups is 1.